The maximum Gasteiger partial charge on any atom is 0.228 e. The fraction of sp³-hybridized carbons (Fsp3) is 0.125. The van der Waals surface area contributed by atoms with E-state index in [1.807, 2.05) is 24.3 Å². The van der Waals surface area contributed by atoms with Crippen molar-refractivity contribution in [3.05, 3.63) is 58.3 Å². The van der Waals surface area contributed by atoms with Crippen LogP contribution in [0.2, 0.25) is 0 Å². The largest absolute Gasteiger partial charge is 0.325 e. The summed E-state index contributed by atoms with van der Waals surface area (Å²) in [5.41, 5.74) is 1.41. The number of hydrogen-bond acceptors (Lipinski definition) is 2. The second kappa shape index (κ2) is 7.17. The zero-order valence-corrected chi connectivity index (χ0v) is 13.4. The van der Waals surface area contributed by atoms with Gasteiger partial charge in [-0.1, -0.05) is 28.1 Å². The van der Waals surface area contributed by atoms with Crippen molar-refractivity contribution in [3.63, 3.8) is 0 Å². The average Bonchev–Trinajstić information content (AvgIpc) is 2.41. The molecule has 0 spiro atoms. The van der Waals surface area contributed by atoms with Crippen LogP contribution in [0.15, 0.2) is 46.9 Å². The molecule has 6 heteroatoms. The lowest BCUT2D eigenvalue weighted by Gasteiger charge is -2.11. The van der Waals surface area contributed by atoms with Crippen LogP contribution in [0.1, 0.15) is 12.5 Å². The number of hydrogen-bond donors (Lipinski definition) is 2. The van der Waals surface area contributed by atoms with Gasteiger partial charge in [-0.05, 0) is 35.9 Å². The molecule has 0 saturated carbocycles. The second-order valence-electron chi connectivity index (χ2n) is 4.73. The van der Waals surface area contributed by atoms with E-state index in [4.69, 9.17) is 0 Å². The lowest BCUT2D eigenvalue weighted by molar-refractivity contribution is -0.116. The molecular weight excluding hydrogens is 351 g/mol. The van der Waals surface area contributed by atoms with Crippen LogP contribution >= 0.6 is 15.9 Å². The Morgan fingerprint density at radius 2 is 1.86 bits per heavy atom. The van der Waals surface area contributed by atoms with E-state index < -0.39 is 5.82 Å². The predicted molar refractivity (Wildman–Crippen MR) is 87.2 cm³/mol. The molecule has 0 bridgehead atoms. The third-order valence-electron chi connectivity index (χ3n) is 2.82. The predicted octanol–water partition coefficient (Wildman–Crippen LogP) is 3.73. The molecule has 0 atom stereocenters. The summed E-state index contributed by atoms with van der Waals surface area (Å²) in [6.45, 7) is 1.34. The van der Waals surface area contributed by atoms with Crippen LogP contribution in [0.5, 0.6) is 0 Å². The highest BCUT2D eigenvalue weighted by Gasteiger charge is 2.10. The van der Waals surface area contributed by atoms with Gasteiger partial charge in [-0.25, -0.2) is 4.39 Å². The summed E-state index contributed by atoms with van der Waals surface area (Å²) in [5.74, 6) is -1.09. The molecule has 114 valence electrons. The van der Waals surface area contributed by atoms with Crippen LogP contribution in [0.25, 0.3) is 0 Å². The summed E-state index contributed by atoms with van der Waals surface area (Å²) in [5, 5.41) is 5.17. The van der Waals surface area contributed by atoms with Gasteiger partial charge in [0.05, 0.1) is 17.8 Å². The van der Waals surface area contributed by atoms with E-state index >= 15 is 0 Å². The first-order chi connectivity index (χ1) is 10.4. The van der Waals surface area contributed by atoms with Crippen molar-refractivity contribution < 1.29 is 14.0 Å². The molecule has 0 aliphatic carbocycles. The van der Waals surface area contributed by atoms with Gasteiger partial charge in [0.15, 0.2) is 0 Å². The molecule has 0 unspecified atom stereocenters. The molecule has 0 radical (unpaired) electrons. The van der Waals surface area contributed by atoms with Crippen LogP contribution in [0.3, 0.4) is 0 Å². The first kappa shape index (κ1) is 16.2. The normalized spacial score (nSPS) is 10.1. The molecule has 2 aromatic carbocycles. The molecule has 2 aromatic rings. The number of rotatable bonds is 4. The van der Waals surface area contributed by atoms with Crippen molar-refractivity contribution in [3.8, 4) is 0 Å². The van der Waals surface area contributed by atoms with Gasteiger partial charge in [0, 0.05) is 11.4 Å². The fourth-order valence-electron chi connectivity index (χ4n) is 1.95. The van der Waals surface area contributed by atoms with Crippen LogP contribution in [0, 0.1) is 5.82 Å². The van der Waals surface area contributed by atoms with Crippen molar-refractivity contribution in [2.45, 2.75) is 13.3 Å². The van der Waals surface area contributed by atoms with E-state index in [1.54, 1.807) is 0 Å². The molecule has 0 fully saturated rings. The van der Waals surface area contributed by atoms with E-state index in [2.05, 4.69) is 26.6 Å². The second-order valence-corrected chi connectivity index (χ2v) is 5.64. The summed E-state index contributed by atoms with van der Waals surface area (Å²) in [4.78, 5) is 23.2. The van der Waals surface area contributed by atoms with E-state index in [0.29, 0.717) is 5.69 Å². The topological polar surface area (TPSA) is 58.2 Å². The molecule has 2 N–H and O–H groups in total. The molecule has 0 saturated heterocycles. The number of carbonyl (C=O) groups excluding carboxylic acids is 2. The average molecular weight is 365 g/mol. The van der Waals surface area contributed by atoms with Gasteiger partial charge in [-0.2, -0.15) is 0 Å². The number of halogens is 2. The maximum atomic E-state index is 13.3. The fourth-order valence-corrected chi connectivity index (χ4v) is 2.39. The number of benzene rings is 2. The number of nitrogens with one attached hydrogen (secondary N) is 2. The van der Waals surface area contributed by atoms with Gasteiger partial charge in [0.25, 0.3) is 0 Å². The molecule has 0 aromatic heterocycles. The highest BCUT2D eigenvalue weighted by Crippen LogP contribution is 2.23. The van der Waals surface area contributed by atoms with Crippen molar-refractivity contribution in [2.75, 3.05) is 10.6 Å². The third-order valence-corrected chi connectivity index (χ3v) is 3.31. The zero-order chi connectivity index (χ0) is 16.1. The van der Waals surface area contributed by atoms with E-state index in [1.165, 1.54) is 25.1 Å². The van der Waals surface area contributed by atoms with E-state index in [0.717, 1.165) is 10.0 Å². The van der Waals surface area contributed by atoms with Crippen molar-refractivity contribution >= 4 is 39.1 Å². The summed E-state index contributed by atoms with van der Waals surface area (Å²) in [6.07, 6.45) is 0.148. The van der Waals surface area contributed by atoms with Gasteiger partial charge < -0.3 is 10.6 Å². The summed E-state index contributed by atoms with van der Waals surface area (Å²) in [7, 11) is 0. The number of amides is 2. The standard InChI is InChI=1S/C16H14BrFN2O2/c1-10(21)19-14-6-5-13(18)9-15(14)20-16(22)8-11-3-2-4-12(17)7-11/h2-7,9H,8H2,1H3,(H,19,21)(H,20,22). The lowest BCUT2D eigenvalue weighted by atomic mass is 10.1. The van der Waals surface area contributed by atoms with Gasteiger partial charge in [0.2, 0.25) is 11.8 Å². The number of carbonyl (C=O) groups is 2. The molecule has 0 heterocycles. The molecule has 2 rings (SSSR count). The van der Waals surface area contributed by atoms with Gasteiger partial charge in [0.1, 0.15) is 5.82 Å². The Bertz CT molecular complexity index is 719. The quantitative estimate of drug-likeness (QED) is 0.868. The monoisotopic (exact) mass is 364 g/mol. The Kier molecular flexibility index (Phi) is 5.27. The number of anilines is 2. The smallest absolute Gasteiger partial charge is 0.228 e. The lowest BCUT2D eigenvalue weighted by Crippen LogP contribution is -2.17. The first-order valence-corrected chi connectivity index (χ1v) is 7.35. The van der Waals surface area contributed by atoms with Gasteiger partial charge in [-0.3, -0.25) is 9.59 Å². The summed E-state index contributed by atoms with van der Waals surface area (Å²) < 4.78 is 14.2. The minimum atomic E-state index is -0.494. The Morgan fingerprint density at radius 1 is 1.09 bits per heavy atom. The third kappa shape index (κ3) is 4.66. The van der Waals surface area contributed by atoms with Crippen molar-refractivity contribution in [1.29, 1.82) is 0 Å². The van der Waals surface area contributed by atoms with Crippen LogP contribution in [-0.4, -0.2) is 11.8 Å². The zero-order valence-electron chi connectivity index (χ0n) is 11.8. The summed E-state index contributed by atoms with van der Waals surface area (Å²) >= 11 is 3.34. The molecule has 0 aliphatic rings. The minimum absolute atomic E-state index is 0.148. The Balaban J connectivity index is 2.13. The van der Waals surface area contributed by atoms with Crippen molar-refractivity contribution in [1.82, 2.24) is 0 Å². The molecule has 4 nitrogen and oxygen atoms in total. The molecule has 2 amide bonds. The molecule has 22 heavy (non-hydrogen) atoms. The highest BCUT2D eigenvalue weighted by molar-refractivity contribution is 9.10. The van der Waals surface area contributed by atoms with Crippen LogP contribution < -0.4 is 10.6 Å². The van der Waals surface area contributed by atoms with Gasteiger partial charge >= 0.3 is 0 Å². The Hall–Kier alpha value is -2.21. The molecular formula is C16H14BrFN2O2. The minimum Gasteiger partial charge on any atom is -0.325 e. The van der Waals surface area contributed by atoms with Crippen LogP contribution in [0.4, 0.5) is 15.8 Å². The first-order valence-electron chi connectivity index (χ1n) is 6.55. The van der Waals surface area contributed by atoms with Crippen molar-refractivity contribution in [2.24, 2.45) is 0 Å². The maximum absolute atomic E-state index is 13.3. The van der Waals surface area contributed by atoms with Gasteiger partial charge in [-0.15, -0.1) is 0 Å². The molecule has 0 aliphatic heterocycles. The SMILES string of the molecule is CC(=O)Nc1ccc(F)cc1NC(=O)Cc1cccc(Br)c1. The Morgan fingerprint density at radius 3 is 2.55 bits per heavy atom. The highest BCUT2D eigenvalue weighted by atomic mass is 79.9. The summed E-state index contributed by atoms with van der Waals surface area (Å²) in [6, 6.07) is 11.1. The van der Waals surface area contributed by atoms with E-state index in [-0.39, 0.29) is 23.9 Å². The van der Waals surface area contributed by atoms with E-state index in [9.17, 15) is 14.0 Å². The Labute approximate surface area is 135 Å². The van der Waals surface area contributed by atoms with Crippen LogP contribution in [-0.2, 0) is 16.0 Å².